The first-order valence-corrected chi connectivity index (χ1v) is 6.03. The minimum absolute atomic E-state index is 0.0200. The van der Waals surface area contributed by atoms with Crippen LogP contribution in [0.15, 0.2) is 18.2 Å². The Labute approximate surface area is 120 Å². The Morgan fingerprint density at radius 1 is 1.55 bits per heavy atom. The van der Waals surface area contributed by atoms with Gasteiger partial charge >= 0.3 is 5.91 Å². The molecule has 1 aromatic rings. The topological polar surface area (TPSA) is 70.4 Å². The maximum atomic E-state index is 13.1. The molecule has 0 radical (unpaired) electrons. The summed E-state index contributed by atoms with van der Waals surface area (Å²) in [6.07, 6.45) is 0.549. The van der Waals surface area contributed by atoms with Crippen LogP contribution in [0.3, 0.4) is 0 Å². The second kappa shape index (κ2) is 8.11. The van der Waals surface area contributed by atoms with Crippen molar-refractivity contribution < 1.29 is 23.4 Å². The first-order valence-electron chi connectivity index (χ1n) is 5.65. The van der Waals surface area contributed by atoms with Crippen molar-refractivity contribution >= 4 is 30.6 Å². The Balaban J connectivity index is 2.33. The molecule has 0 saturated carbocycles. The third kappa shape index (κ3) is 5.66. The lowest BCUT2D eigenvalue weighted by Gasteiger charge is -2.06. The van der Waals surface area contributed by atoms with Crippen molar-refractivity contribution in [2.45, 2.75) is 0 Å². The molecule has 0 heterocycles. The van der Waals surface area contributed by atoms with Crippen LogP contribution in [0.4, 0.5) is 4.39 Å². The normalized spacial score (nSPS) is 9.70. The van der Waals surface area contributed by atoms with Crippen LogP contribution in [0.2, 0.25) is 5.02 Å². The zero-order valence-electron chi connectivity index (χ0n) is 10.6. The fraction of sp³-hybridized carbons (Fsp3) is 0.250. The molecule has 2 N–H and O–H groups in total. The van der Waals surface area contributed by atoms with E-state index in [-0.39, 0.29) is 17.4 Å². The monoisotopic (exact) mass is 302 g/mol. The van der Waals surface area contributed by atoms with Gasteiger partial charge in [-0.05, 0) is 12.1 Å². The van der Waals surface area contributed by atoms with Crippen molar-refractivity contribution in [2.24, 2.45) is 0 Å². The van der Waals surface area contributed by atoms with E-state index in [1.54, 1.807) is 0 Å². The number of ether oxygens (including phenoxy) is 1. The van der Waals surface area contributed by atoms with E-state index in [9.17, 15) is 14.0 Å². The third-order valence-electron chi connectivity index (χ3n) is 2.15. The van der Waals surface area contributed by atoms with E-state index in [4.69, 9.17) is 16.3 Å². The van der Waals surface area contributed by atoms with Crippen LogP contribution in [0.1, 0.15) is 0 Å². The Morgan fingerprint density at radius 3 is 2.95 bits per heavy atom. The summed E-state index contributed by atoms with van der Waals surface area (Å²) in [5.74, 6) is -0.884. The van der Waals surface area contributed by atoms with E-state index in [0.717, 1.165) is 6.07 Å². The van der Waals surface area contributed by atoms with Crippen molar-refractivity contribution in [2.75, 3.05) is 19.7 Å². The van der Waals surface area contributed by atoms with Crippen LogP contribution >= 0.6 is 11.6 Å². The van der Waals surface area contributed by atoms with E-state index < -0.39 is 11.7 Å². The van der Waals surface area contributed by atoms with Crippen LogP contribution in [-0.4, -0.2) is 43.4 Å². The Morgan fingerprint density at radius 2 is 2.30 bits per heavy atom. The average molecular weight is 303 g/mol. The summed E-state index contributed by atoms with van der Waals surface area (Å²) in [7, 11) is 0. The third-order valence-corrected chi connectivity index (χ3v) is 2.46. The molecule has 0 saturated heterocycles. The number of nitrogens with one attached hydrogen (secondary N) is 2. The lowest BCUT2D eigenvalue weighted by atomic mass is 10.3. The summed E-state index contributed by atoms with van der Waals surface area (Å²) in [4.78, 5) is 21.5. The van der Waals surface area contributed by atoms with Crippen molar-refractivity contribution in [3.05, 3.63) is 29.0 Å². The first kappa shape index (κ1) is 15.9. The highest BCUT2D eigenvalue weighted by Gasteiger charge is 2.09. The minimum atomic E-state index is -0.622. The predicted octanol–water partition coefficient (Wildman–Crippen LogP) is 0.348. The molecule has 0 aliphatic heterocycles. The summed E-state index contributed by atoms with van der Waals surface area (Å²) in [6, 6.07) is 3.88. The number of hydrogen-bond donors (Lipinski definition) is 2. The highest BCUT2D eigenvalue weighted by molar-refractivity contribution is 6.30. The highest BCUT2D eigenvalue weighted by Crippen LogP contribution is 2.20. The fourth-order valence-corrected chi connectivity index (χ4v) is 1.36. The summed E-state index contributed by atoms with van der Waals surface area (Å²) in [5, 5.41) is 2.40. The molecule has 6 nitrogen and oxygen atoms in total. The molecule has 8 heteroatoms. The number of carbonyl (C=O) groups excluding carboxylic acids is 2. The van der Waals surface area contributed by atoms with Crippen molar-refractivity contribution in [3.63, 3.8) is 0 Å². The molecule has 0 spiro atoms. The number of hydrazone groups is 1. The van der Waals surface area contributed by atoms with E-state index in [0.29, 0.717) is 19.5 Å². The second-order valence-electron chi connectivity index (χ2n) is 3.73. The molecular weight excluding hydrogens is 289 g/mol. The van der Waals surface area contributed by atoms with Gasteiger partial charge in [0.1, 0.15) is 11.6 Å². The summed E-state index contributed by atoms with van der Waals surface area (Å²) in [5.41, 5.74) is 2.42. The van der Waals surface area contributed by atoms with Gasteiger partial charge in [0.2, 0.25) is 6.41 Å². The maximum absolute atomic E-state index is 13.1. The van der Waals surface area contributed by atoms with E-state index in [1.165, 1.54) is 16.8 Å². The molecule has 0 atom stereocenters. The molecule has 1 aromatic carbocycles. The number of hydrogen-bond acceptors (Lipinski definition) is 3. The van der Waals surface area contributed by atoms with Crippen LogP contribution in [-0.2, 0) is 9.59 Å². The molecule has 0 aliphatic rings. The SMILES string of the molecule is C=[N+](CCNC=O)NC(=O)COc1ccc(Cl)c(F)c1. The molecular formula is C12H14ClFN3O3+. The van der Waals surface area contributed by atoms with Gasteiger partial charge in [-0.1, -0.05) is 11.6 Å². The summed E-state index contributed by atoms with van der Waals surface area (Å²) < 4.78 is 19.5. The number of halogens is 2. The molecule has 1 rings (SSSR count). The van der Waals surface area contributed by atoms with Gasteiger partial charge in [-0.3, -0.25) is 9.59 Å². The second-order valence-corrected chi connectivity index (χ2v) is 4.14. The quantitative estimate of drug-likeness (QED) is 0.239. The molecule has 0 aliphatic carbocycles. The molecule has 0 fully saturated rings. The van der Waals surface area contributed by atoms with Gasteiger partial charge in [-0.2, -0.15) is 0 Å². The number of benzene rings is 1. The van der Waals surface area contributed by atoms with Gasteiger partial charge in [-0.25, -0.2) is 4.39 Å². The molecule has 20 heavy (non-hydrogen) atoms. The number of hydrazine groups is 1. The van der Waals surface area contributed by atoms with E-state index in [1.807, 2.05) is 0 Å². The summed E-state index contributed by atoms with van der Waals surface area (Å²) in [6.45, 7) is 3.92. The maximum Gasteiger partial charge on any atom is 0.311 e. The lowest BCUT2D eigenvalue weighted by molar-refractivity contribution is -0.564. The molecule has 2 amide bonds. The lowest BCUT2D eigenvalue weighted by Crippen LogP contribution is -2.40. The Kier molecular flexibility index (Phi) is 6.45. The predicted molar refractivity (Wildman–Crippen MR) is 71.4 cm³/mol. The van der Waals surface area contributed by atoms with Crippen molar-refractivity contribution in [1.82, 2.24) is 10.7 Å². The van der Waals surface area contributed by atoms with Crippen LogP contribution in [0.25, 0.3) is 0 Å². The van der Waals surface area contributed by atoms with Crippen LogP contribution in [0.5, 0.6) is 5.75 Å². The average Bonchev–Trinajstić information content (AvgIpc) is 2.40. The van der Waals surface area contributed by atoms with E-state index in [2.05, 4.69) is 17.5 Å². The molecule has 0 aromatic heterocycles. The molecule has 0 unspecified atom stereocenters. The van der Waals surface area contributed by atoms with Gasteiger partial charge in [0.15, 0.2) is 19.9 Å². The van der Waals surface area contributed by atoms with Gasteiger partial charge in [0.25, 0.3) is 0 Å². The standard InChI is InChI=1S/C12H13ClFN3O3/c1-17(5-4-15-8-18)16-12(19)7-20-9-2-3-10(13)11(14)6-9/h2-3,6,8H,1,4-5,7H2,(H-,15,16,18,19)/p+1. The summed E-state index contributed by atoms with van der Waals surface area (Å²) >= 11 is 5.52. The van der Waals surface area contributed by atoms with Gasteiger partial charge in [0, 0.05) is 6.07 Å². The molecule has 108 valence electrons. The Bertz CT molecular complexity index is 511. The first-order chi connectivity index (χ1) is 9.52. The highest BCUT2D eigenvalue weighted by atomic mass is 35.5. The number of rotatable bonds is 8. The van der Waals surface area contributed by atoms with Crippen LogP contribution < -0.4 is 15.5 Å². The smallest absolute Gasteiger partial charge is 0.311 e. The van der Waals surface area contributed by atoms with Crippen LogP contribution in [0, 0.1) is 5.82 Å². The number of carbonyl (C=O) groups is 2. The molecule has 0 bridgehead atoms. The fourth-order valence-electron chi connectivity index (χ4n) is 1.24. The number of nitrogens with zero attached hydrogens (tertiary/aromatic N) is 1. The zero-order valence-corrected chi connectivity index (χ0v) is 11.3. The largest absolute Gasteiger partial charge is 0.483 e. The van der Waals surface area contributed by atoms with Gasteiger partial charge in [-0.15, -0.1) is 10.1 Å². The van der Waals surface area contributed by atoms with Crippen molar-refractivity contribution in [1.29, 1.82) is 0 Å². The van der Waals surface area contributed by atoms with Gasteiger partial charge < -0.3 is 10.1 Å². The Hall–Kier alpha value is -2.15. The van der Waals surface area contributed by atoms with E-state index >= 15 is 0 Å². The zero-order chi connectivity index (χ0) is 15.0. The number of amides is 2. The minimum Gasteiger partial charge on any atom is -0.483 e. The van der Waals surface area contributed by atoms with Crippen molar-refractivity contribution in [3.8, 4) is 5.75 Å². The van der Waals surface area contributed by atoms with Gasteiger partial charge in [0.05, 0.1) is 11.6 Å².